The van der Waals surface area contributed by atoms with E-state index in [2.05, 4.69) is 20.5 Å². The molecule has 0 aliphatic carbocycles. The number of esters is 1. The van der Waals surface area contributed by atoms with Gasteiger partial charge in [0.05, 0.1) is 23.1 Å². The molecule has 176 valence electrons. The van der Waals surface area contributed by atoms with Crippen LogP contribution in [0.25, 0.3) is 0 Å². The van der Waals surface area contributed by atoms with Crippen LogP contribution < -0.4 is 10.1 Å². The van der Waals surface area contributed by atoms with Crippen LogP contribution in [0.15, 0.2) is 23.4 Å². The average molecular weight is 510 g/mol. The number of rotatable bonds is 9. The molecule has 2 heterocycles. The van der Waals surface area contributed by atoms with E-state index in [0.29, 0.717) is 37.5 Å². The number of nitrogens with one attached hydrogen (secondary N) is 1. The molecule has 3 aromatic rings. The van der Waals surface area contributed by atoms with Crippen molar-refractivity contribution in [1.29, 1.82) is 0 Å². The van der Waals surface area contributed by atoms with Crippen LogP contribution in [0.2, 0.25) is 5.02 Å². The Kier molecular flexibility index (Phi) is 8.33. The predicted octanol–water partition coefficient (Wildman–Crippen LogP) is 4.59. The SMILES string of the molecule is CCOC(=O)c1sc(NC(=O)CSc2nnc(C(C)Oc3cc(C)ccc3Cl)n2C)nc1C. The van der Waals surface area contributed by atoms with Crippen molar-refractivity contribution in [1.82, 2.24) is 19.7 Å². The second kappa shape index (κ2) is 11.0. The molecule has 1 unspecified atom stereocenters. The van der Waals surface area contributed by atoms with Gasteiger partial charge in [0.2, 0.25) is 5.91 Å². The summed E-state index contributed by atoms with van der Waals surface area (Å²) in [5.74, 6) is 0.548. The predicted molar refractivity (Wildman–Crippen MR) is 128 cm³/mol. The van der Waals surface area contributed by atoms with Crippen LogP contribution >= 0.6 is 34.7 Å². The number of benzene rings is 1. The molecule has 0 aliphatic heterocycles. The Hall–Kier alpha value is -2.63. The summed E-state index contributed by atoms with van der Waals surface area (Å²) < 4.78 is 12.7. The average Bonchev–Trinajstić information content (AvgIpc) is 3.31. The summed E-state index contributed by atoms with van der Waals surface area (Å²) >= 11 is 8.54. The van der Waals surface area contributed by atoms with Gasteiger partial charge >= 0.3 is 5.97 Å². The molecule has 1 amide bonds. The van der Waals surface area contributed by atoms with Gasteiger partial charge in [-0.1, -0.05) is 40.8 Å². The summed E-state index contributed by atoms with van der Waals surface area (Å²) in [5.41, 5.74) is 1.55. The first kappa shape index (κ1) is 25.0. The number of hydrogen-bond acceptors (Lipinski definition) is 9. The molecule has 0 saturated carbocycles. The van der Waals surface area contributed by atoms with Gasteiger partial charge in [-0.15, -0.1) is 10.2 Å². The van der Waals surface area contributed by atoms with Crippen LogP contribution in [0.4, 0.5) is 5.13 Å². The van der Waals surface area contributed by atoms with Gasteiger partial charge in [-0.05, 0) is 45.4 Å². The van der Waals surface area contributed by atoms with Crippen LogP contribution in [-0.2, 0) is 16.6 Å². The number of amides is 1. The third-order valence-electron chi connectivity index (χ3n) is 4.46. The molecular formula is C21H24ClN5O4S2. The minimum Gasteiger partial charge on any atom is -0.481 e. The van der Waals surface area contributed by atoms with Gasteiger partial charge in [0.25, 0.3) is 0 Å². The lowest BCUT2D eigenvalue weighted by Gasteiger charge is -2.15. The first-order chi connectivity index (χ1) is 15.7. The highest BCUT2D eigenvalue weighted by molar-refractivity contribution is 7.99. The van der Waals surface area contributed by atoms with E-state index in [1.807, 2.05) is 33.0 Å². The van der Waals surface area contributed by atoms with E-state index in [0.717, 1.165) is 16.9 Å². The molecule has 12 heteroatoms. The van der Waals surface area contributed by atoms with E-state index < -0.39 is 12.1 Å². The molecule has 1 atom stereocenters. The van der Waals surface area contributed by atoms with Crippen LogP contribution in [0.5, 0.6) is 5.75 Å². The van der Waals surface area contributed by atoms with E-state index in [1.165, 1.54) is 11.8 Å². The van der Waals surface area contributed by atoms with Gasteiger partial charge < -0.3 is 19.4 Å². The number of carbonyl (C=O) groups is 2. The van der Waals surface area contributed by atoms with Crippen molar-refractivity contribution in [2.75, 3.05) is 17.7 Å². The van der Waals surface area contributed by atoms with Crippen molar-refractivity contribution in [3.63, 3.8) is 0 Å². The molecule has 0 fully saturated rings. The number of carbonyl (C=O) groups excluding carboxylic acids is 2. The van der Waals surface area contributed by atoms with Crippen molar-refractivity contribution in [3.8, 4) is 5.75 Å². The number of aromatic nitrogens is 4. The van der Waals surface area contributed by atoms with E-state index in [-0.39, 0.29) is 18.3 Å². The van der Waals surface area contributed by atoms with Gasteiger partial charge in [0.1, 0.15) is 10.6 Å². The number of nitrogens with zero attached hydrogens (tertiary/aromatic N) is 4. The van der Waals surface area contributed by atoms with Crippen LogP contribution in [0, 0.1) is 13.8 Å². The minimum absolute atomic E-state index is 0.0955. The highest BCUT2D eigenvalue weighted by Crippen LogP contribution is 2.30. The van der Waals surface area contributed by atoms with Crippen LogP contribution in [0.3, 0.4) is 0 Å². The van der Waals surface area contributed by atoms with Crippen molar-refractivity contribution in [2.45, 2.75) is 39.0 Å². The Morgan fingerprint density at radius 1 is 1.30 bits per heavy atom. The zero-order valence-corrected chi connectivity index (χ0v) is 21.2. The van der Waals surface area contributed by atoms with Crippen LogP contribution in [0.1, 0.15) is 46.7 Å². The molecule has 9 nitrogen and oxygen atoms in total. The first-order valence-electron chi connectivity index (χ1n) is 10.1. The number of thiazole rings is 1. The van der Waals surface area contributed by atoms with Gasteiger partial charge in [-0.3, -0.25) is 4.79 Å². The normalized spacial score (nSPS) is 11.8. The summed E-state index contributed by atoms with van der Waals surface area (Å²) in [6, 6.07) is 5.56. The number of ether oxygens (including phenoxy) is 2. The number of thioether (sulfide) groups is 1. The number of halogens is 1. The molecule has 1 N–H and O–H groups in total. The molecule has 3 rings (SSSR count). The maximum Gasteiger partial charge on any atom is 0.350 e. The van der Waals surface area contributed by atoms with Crippen molar-refractivity contribution in [3.05, 3.63) is 45.2 Å². The van der Waals surface area contributed by atoms with E-state index in [9.17, 15) is 9.59 Å². The largest absolute Gasteiger partial charge is 0.481 e. The zero-order valence-electron chi connectivity index (χ0n) is 18.8. The molecule has 0 bridgehead atoms. The van der Waals surface area contributed by atoms with Gasteiger partial charge in [-0.2, -0.15) is 0 Å². The summed E-state index contributed by atoms with van der Waals surface area (Å²) in [7, 11) is 1.81. The van der Waals surface area contributed by atoms with Gasteiger partial charge in [-0.25, -0.2) is 9.78 Å². The highest BCUT2D eigenvalue weighted by atomic mass is 35.5. The third-order valence-corrected chi connectivity index (χ3v) is 6.84. The Morgan fingerprint density at radius 3 is 2.79 bits per heavy atom. The quantitative estimate of drug-likeness (QED) is 0.329. The molecule has 1 aromatic carbocycles. The van der Waals surface area contributed by atoms with Gasteiger partial charge in [0.15, 0.2) is 22.2 Å². The molecule has 0 saturated heterocycles. The molecule has 0 spiro atoms. The second-order valence-corrected chi connectivity index (χ2v) is 9.43. The molecule has 0 aliphatic rings. The lowest BCUT2D eigenvalue weighted by Crippen LogP contribution is -2.14. The fourth-order valence-corrected chi connectivity index (χ4v) is 4.63. The van der Waals surface area contributed by atoms with Gasteiger partial charge in [0, 0.05) is 7.05 Å². The Balaban J connectivity index is 1.59. The highest BCUT2D eigenvalue weighted by Gasteiger charge is 2.20. The topological polar surface area (TPSA) is 108 Å². The lowest BCUT2D eigenvalue weighted by atomic mass is 10.2. The van der Waals surface area contributed by atoms with Crippen molar-refractivity contribution < 1.29 is 19.1 Å². The Labute approximate surface area is 204 Å². The summed E-state index contributed by atoms with van der Waals surface area (Å²) in [5, 5.41) is 12.5. The lowest BCUT2D eigenvalue weighted by molar-refractivity contribution is -0.113. The van der Waals surface area contributed by atoms with Crippen molar-refractivity contribution >= 4 is 51.7 Å². The van der Waals surface area contributed by atoms with Crippen LogP contribution in [-0.4, -0.2) is 44.0 Å². The number of hydrogen-bond donors (Lipinski definition) is 1. The maximum atomic E-state index is 12.4. The number of aryl methyl sites for hydroxylation is 2. The molecule has 0 radical (unpaired) electrons. The molecule has 2 aromatic heterocycles. The monoisotopic (exact) mass is 509 g/mol. The van der Waals surface area contributed by atoms with E-state index in [1.54, 1.807) is 24.5 Å². The van der Waals surface area contributed by atoms with E-state index in [4.69, 9.17) is 21.1 Å². The Bertz CT molecular complexity index is 1160. The fourth-order valence-electron chi connectivity index (χ4n) is 2.87. The molecule has 33 heavy (non-hydrogen) atoms. The zero-order chi connectivity index (χ0) is 24.1. The third kappa shape index (κ3) is 6.24. The van der Waals surface area contributed by atoms with Crippen molar-refractivity contribution in [2.24, 2.45) is 7.05 Å². The second-order valence-electron chi connectivity index (χ2n) is 7.08. The standard InChI is InChI=1S/C21H24ClN5O4S2/c1-6-30-19(29)17-12(3)23-20(33-17)24-16(28)10-32-21-26-25-18(27(21)5)13(4)31-15-9-11(2)7-8-14(15)22/h7-9,13H,6,10H2,1-5H3,(H,23,24,28). The fraction of sp³-hybridized carbons (Fsp3) is 0.381. The molecular weight excluding hydrogens is 486 g/mol. The maximum absolute atomic E-state index is 12.4. The summed E-state index contributed by atoms with van der Waals surface area (Å²) in [6.45, 7) is 7.52. The smallest absolute Gasteiger partial charge is 0.350 e. The number of anilines is 1. The van der Waals surface area contributed by atoms with E-state index >= 15 is 0 Å². The summed E-state index contributed by atoms with van der Waals surface area (Å²) in [4.78, 5) is 28.9. The first-order valence-corrected chi connectivity index (χ1v) is 12.3. The Morgan fingerprint density at radius 2 is 2.06 bits per heavy atom. The minimum atomic E-state index is -0.447. The summed E-state index contributed by atoms with van der Waals surface area (Å²) in [6.07, 6.45) is -0.399.